The number of anilines is 2. The Hall–Kier alpha value is -2.28. The van der Waals surface area contributed by atoms with Gasteiger partial charge < -0.3 is 15.4 Å². The second-order valence-electron chi connectivity index (χ2n) is 7.11. The molecule has 2 N–H and O–H groups in total. The number of carbonyl (C=O) groups excluding carboxylic acids is 2. The minimum atomic E-state index is -0.108. The summed E-state index contributed by atoms with van der Waals surface area (Å²) in [5.41, 5.74) is 2.31. The molecule has 2 aromatic carbocycles. The summed E-state index contributed by atoms with van der Waals surface area (Å²) in [4.78, 5) is 26.5. The number of benzene rings is 2. The second-order valence-corrected chi connectivity index (χ2v) is 7.96. The topological polar surface area (TPSA) is 70.7 Å². The van der Waals surface area contributed by atoms with Crippen molar-refractivity contribution in [3.8, 4) is 5.75 Å². The molecule has 31 heavy (non-hydrogen) atoms. The first-order chi connectivity index (χ1) is 14.8. The smallest absolute Gasteiger partial charge is 0.238 e. The molecular formula is C23H29Cl2N3O3. The fourth-order valence-corrected chi connectivity index (χ4v) is 3.42. The summed E-state index contributed by atoms with van der Waals surface area (Å²) < 4.78 is 5.59. The van der Waals surface area contributed by atoms with E-state index in [1.165, 1.54) is 0 Å². The Kier molecular flexibility index (Phi) is 10.1. The largest absolute Gasteiger partial charge is 0.492 e. The van der Waals surface area contributed by atoms with Gasteiger partial charge in [-0.25, -0.2) is 0 Å². The van der Waals surface area contributed by atoms with Crippen molar-refractivity contribution >= 4 is 46.4 Å². The van der Waals surface area contributed by atoms with Gasteiger partial charge >= 0.3 is 0 Å². The average molecular weight is 466 g/mol. The van der Waals surface area contributed by atoms with Crippen molar-refractivity contribution in [1.29, 1.82) is 0 Å². The summed E-state index contributed by atoms with van der Waals surface area (Å²) in [5.74, 6) is 0.383. The normalized spacial score (nSPS) is 10.8. The van der Waals surface area contributed by atoms with Crippen LogP contribution in [0.3, 0.4) is 0 Å². The third-order valence-corrected chi connectivity index (χ3v) is 5.28. The van der Waals surface area contributed by atoms with Crippen LogP contribution in [0.25, 0.3) is 0 Å². The van der Waals surface area contributed by atoms with E-state index in [-0.39, 0.29) is 11.8 Å². The number of likely N-dealkylation sites (N-methyl/N-ethyl adjacent to an activating group) is 1. The summed E-state index contributed by atoms with van der Waals surface area (Å²) in [6, 6.07) is 10.4. The first kappa shape index (κ1) is 25.0. The molecule has 0 radical (unpaired) electrons. The highest BCUT2D eigenvalue weighted by atomic mass is 35.5. The van der Waals surface area contributed by atoms with Crippen LogP contribution in [0.1, 0.15) is 32.3 Å². The van der Waals surface area contributed by atoms with Crippen LogP contribution in [0, 0.1) is 6.92 Å². The average Bonchev–Trinajstić information content (AvgIpc) is 2.72. The SMILES string of the molecule is CCN(CC)CC(=O)Nc1ccc(NC(=O)CCCOc2ccc(Cl)cc2Cl)cc1C. The maximum absolute atomic E-state index is 12.2. The lowest BCUT2D eigenvalue weighted by molar-refractivity contribution is -0.117. The Morgan fingerprint density at radius 3 is 2.39 bits per heavy atom. The molecule has 2 amide bonds. The minimum Gasteiger partial charge on any atom is -0.492 e. The van der Waals surface area contributed by atoms with Gasteiger partial charge in [-0.1, -0.05) is 37.0 Å². The molecular weight excluding hydrogens is 437 g/mol. The second kappa shape index (κ2) is 12.5. The lowest BCUT2D eigenvalue weighted by atomic mass is 10.1. The van der Waals surface area contributed by atoms with Crippen molar-refractivity contribution in [1.82, 2.24) is 4.90 Å². The van der Waals surface area contributed by atoms with Crippen molar-refractivity contribution in [2.75, 3.05) is 36.9 Å². The molecule has 0 spiro atoms. The van der Waals surface area contributed by atoms with Crippen LogP contribution in [-0.4, -0.2) is 43.0 Å². The van der Waals surface area contributed by atoms with E-state index in [0.717, 1.165) is 24.3 Å². The molecule has 0 bridgehead atoms. The van der Waals surface area contributed by atoms with Gasteiger partial charge in [-0.2, -0.15) is 0 Å². The maximum Gasteiger partial charge on any atom is 0.238 e. The highest BCUT2D eigenvalue weighted by molar-refractivity contribution is 6.35. The summed E-state index contributed by atoms with van der Waals surface area (Å²) in [6.07, 6.45) is 0.857. The molecule has 0 aliphatic rings. The number of nitrogens with one attached hydrogen (secondary N) is 2. The summed E-state index contributed by atoms with van der Waals surface area (Å²) >= 11 is 11.9. The monoisotopic (exact) mass is 465 g/mol. The summed E-state index contributed by atoms with van der Waals surface area (Å²) in [5, 5.41) is 6.78. The van der Waals surface area contributed by atoms with Crippen molar-refractivity contribution in [2.24, 2.45) is 0 Å². The molecule has 168 valence electrons. The highest BCUT2D eigenvalue weighted by Crippen LogP contribution is 2.27. The molecule has 0 fully saturated rings. The van der Waals surface area contributed by atoms with E-state index in [9.17, 15) is 9.59 Å². The molecule has 0 aliphatic carbocycles. The van der Waals surface area contributed by atoms with Gasteiger partial charge in [0.1, 0.15) is 5.75 Å². The van der Waals surface area contributed by atoms with E-state index < -0.39 is 0 Å². The number of aryl methyl sites for hydroxylation is 1. The molecule has 8 heteroatoms. The van der Waals surface area contributed by atoms with Crippen molar-refractivity contribution in [3.05, 3.63) is 52.0 Å². The van der Waals surface area contributed by atoms with Gasteiger partial charge in [0.15, 0.2) is 0 Å². The van der Waals surface area contributed by atoms with Gasteiger partial charge in [0.05, 0.1) is 18.2 Å². The number of rotatable bonds is 11. The molecule has 6 nitrogen and oxygen atoms in total. The van der Waals surface area contributed by atoms with Crippen LogP contribution in [0.5, 0.6) is 5.75 Å². The van der Waals surface area contributed by atoms with Crippen molar-refractivity contribution in [2.45, 2.75) is 33.6 Å². The quantitative estimate of drug-likeness (QED) is 0.437. The number of ether oxygens (including phenoxy) is 1. The van der Waals surface area contributed by atoms with Crippen LogP contribution in [-0.2, 0) is 9.59 Å². The van der Waals surface area contributed by atoms with E-state index in [0.29, 0.717) is 47.5 Å². The third-order valence-electron chi connectivity index (χ3n) is 4.75. The van der Waals surface area contributed by atoms with Crippen LogP contribution in [0.2, 0.25) is 10.0 Å². The number of hydrogen-bond acceptors (Lipinski definition) is 4. The Morgan fingerprint density at radius 1 is 1.00 bits per heavy atom. The van der Waals surface area contributed by atoms with Crippen LogP contribution >= 0.6 is 23.2 Å². The molecule has 0 heterocycles. The predicted octanol–water partition coefficient (Wildman–Crippen LogP) is 5.38. The molecule has 0 saturated carbocycles. The standard InChI is InChI=1S/C23H29Cl2N3O3/c1-4-28(5-2)15-23(30)27-20-10-9-18(13-16(20)3)26-22(29)7-6-12-31-21-11-8-17(24)14-19(21)25/h8-11,13-14H,4-7,12,15H2,1-3H3,(H,26,29)(H,27,30). The molecule has 0 unspecified atom stereocenters. The van der Waals surface area contributed by atoms with Gasteiger partial charge in [0, 0.05) is 22.8 Å². The Labute approximate surface area is 193 Å². The zero-order chi connectivity index (χ0) is 22.8. The van der Waals surface area contributed by atoms with Crippen molar-refractivity contribution in [3.63, 3.8) is 0 Å². The third kappa shape index (κ3) is 8.40. The van der Waals surface area contributed by atoms with Crippen LogP contribution in [0.4, 0.5) is 11.4 Å². The summed E-state index contributed by atoms with van der Waals surface area (Å²) in [7, 11) is 0. The highest BCUT2D eigenvalue weighted by Gasteiger charge is 2.10. The van der Waals surface area contributed by atoms with Gasteiger partial charge in [-0.15, -0.1) is 0 Å². The van der Waals surface area contributed by atoms with Crippen LogP contribution in [0.15, 0.2) is 36.4 Å². The number of halogens is 2. The predicted molar refractivity (Wildman–Crippen MR) is 127 cm³/mol. The number of amides is 2. The molecule has 2 aromatic rings. The molecule has 0 atom stereocenters. The molecule has 0 aromatic heterocycles. The van der Waals surface area contributed by atoms with E-state index in [2.05, 4.69) is 10.6 Å². The molecule has 0 aliphatic heterocycles. The Balaban J connectivity index is 1.78. The molecule has 2 rings (SSSR count). The fraction of sp³-hybridized carbons (Fsp3) is 0.391. The molecule has 0 saturated heterocycles. The fourth-order valence-electron chi connectivity index (χ4n) is 2.95. The van der Waals surface area contributed by atoms with Gasteiger partial charge in [0.2, 0.25) is 11.8 Å². The van der Waals surface area contributed by atoms with Crippen molar-refractivity contribution < 1.29 is 14.3 Å². The van der Waals surface area contributed by atoms with Gasteiger partial charge in [-0.3, -0.25) is 14.5 Å². The minimum absolute atomic E-state index is 0.0515. The van der Waals surface area contributed by atoms with E-state index in [1.54, 1.807) is 30.3 Å². The Bertz CT molecular complexity index is 902. The van der Waals surface area contributed by atoms with Gasteiger partial charge in [0.25, 0.3) is 0 Å². The zero-order valence-electron chi connectivity index (χ0n) is 18.1. The zero-order valence-corrected chi connectivity index (χ0v) is 19.6. The Morgan fingerprint density at radius 2 is 1.74 bits per heavy atom. The summed E-state index contributed by atoms with van der Waals surface area (Å²) in [6.45, 7) is 8.32. The van der Waals surface area contributed by atoms with Crippen LogP contribution < -0.4 is 15.4 Å². The number of nitrogens with zero attached hydrogens (tertiary/aromatic N) is 1. The van der Waals surface area contributed by atoms with E-state index >= 15 is 0 Å². The lowest BCUT2D eigenvalue weighted by Crippen LogP contribution is -2.33. The van der Waals surface area contributed by atoms with Gasteiger partial charge in [-0.05, 0) is 68.4 Å². The number of hydrogen-bond donors (Lipinski definition) is 2. The van der Waals surface area contributed by atoms with E-state index in [1.807, 2.05) is 31.7 Å². The number of carbonyl (C=O) groups is 2. The first-order valence-electron chi connectivity index (χ1n) is 10.3. The van der Waals surface area contributed by atoms with E-state index in [4.69, 9.17) is 27.9 Å². The maximum atomic E-state index is 12.2. The lowest BCUT2D eigenvalue weighted by Gasteiger charge is -2.18. The first-order valence-corrected chi connectivity index (χ1v) is 11.1.